The number of benzene rings is 1. The van der Waals surface area contributed by atoms with Gasteiger partial charge in [-0.2, -0.15) is 4.98 Å². The number of carbonyl (C=O) groups excluding carboxylic acids is 1. The number of nitrogens with zero attached hydrogens (tertiary/aromatic N) is 3. The molecular weight excluding hydrogens is 326 g/mol. The minimum atomic E-state index is -0.0392. The Kier molecular flexibility index (Phi) is 5.51. The number of carbonyl (C=O) groups is 1. The molecule has 1 aromatic heterocycles. The van der Waals surface area contributed by atoms with Crippen LogP contribution in [0.5, 0.6) is 0 Å². The van der Waals surface area contributed by atoms with Gasteiger partial charge in [-0.3, -0.25) is 4.79 Å². The molecular formula is C18H22ClN3O2. The summed E-state index contributed by atoms with van der Waals surface area (Å²) in [4.78, 5) is 18.5. The van der Waals surface area contributed by atoms with Crippen LogP contribution < -0.4 is 0 Å². The molecule has 0 spiro atoms. The van der Waals surface area contributed by atoms with E-state index in [0.29, 0.717) is 35.3 Å². The summed E-state index contributed by atoms with van der Waals surface area (Å²) in [5.74, 6) is 1.80. The van der Waals surface area contributed by atoms with Crippen molar-refractivity contribution in [1.29, 1.82) is 0 Å². The highest BCUT2D eigenvalue weighted by atomic mass is 35.5. The average molecular weight is 348 g/mol. The number of hydrogen-bond acceptors (Lipinski definition) is 4. The zero-order valence-electron chi connectivity index (χ0n) is 13.9. The van der Waals surface area contributed by atoms with E-state index in [1.165, 1.54) is 19.3 Å². The molecule has 1 fully saturated rings. The van der Waals surface area contributed by atoms with Crippen molar-refractivity contribution < 1.29 is 9.32 Å². The number of amides is 1. The lowest BCUT2D eigenvalue weighted by Crippen LogP contribution is -2.29. The van der Waals surface area contributed by atoms with Crippen molar-refractivity contribution in [2.24, 2.45) is 0 Å². The summed E-state index contributed by atoms with van der Waals surface area (Å²) >= 11 is 5.85. The molecule has 6 heteroatoms. The molecule has 1 saturated carbocycles. The molecule has 0 atom stereocenters. The van der Waals surface area contributed by atoms with E-state index in [1.807, 2.05) is 0 Å². The number of halogens is 1. The van der Waals surface area contributed by atoms with E-state index in [1.54, 1.807) is 36.2 Å². The Morgan fingerprint density at radius 3 is 2.67 bits per heavy atom. The first-order valence-corrected chi connectivity index (χ1v) is 8.85. The first-order chi connectivity index (χ1) is 11.6. The van der Waals surface area contributed by atoms with Crippen LogP contribution >= 0.6 is 11.6 Å². The van der Waals surface area contributed by atoms with Gasteiger partial charge in [0.1, 0.15) is 0 Å². The lowest BCUT2D eigenvalue weighted by atomic mass is 9.89. The molecule has 1 aliphatic rings. The van der Waals surface area contributed by atoms with Gasteiger partial charge < -0.3 is 9.42 Å². The zero-order chi connectivity index (χ0) is 16.9. The van der Waals surface area contributed by atoms with Gasteiger partial charge in [0.15, 0.2) is 5.82 Å². The quantitative estimate of drug-likeness (QED) is 0.817. The third kappa shape index (κ3) is 4.15. The second kappa shape index (κ2) is 7.79. The Labute approximate surface area is 147 Å². The zero-order valence-corrected chi connectivity index (χ0v) is 14.6. The van der Waals surface area contributed by atoms with E-state index < -0.39 is 0 Å². The predicted molar refractivity (Wildman–Crippen MR) is 92.2 cm³/mol. The Bertz CT molecular complexity index is 678. The normalized spacial score (nSPS) is 15.4. The van der Waals surface area contributed by atoms with E-state index in [2.05, 4.69) is 10.1 Å². The molecule has 0 saturated heterocycles. The van der Waals surface area contributed by atoms with Crippen LogP contribution in [-0.2, 0) is 6.42 Å². The molecule has 0 bridgehead atoms. The number of hydrogen-bond donors (Lipinski definition) is 0. The minimum absolute atomic E-state index is 0.0392. The van der Waals surface area contributed by atoms with Crippen molar-refractivity contribution in [3.05, 3.63) is 46.6 Å². The molecule has 1 aromatic carbocycles. The monoisotopic (exact) mass is 347 g/mol. The third-order valence-electron chi connectivity index (χ3n) is 4.55. The van der Waals surface area contributed by atoms with Crippen molar-refractivity contribution in [2.75, 3.05) is 13.6 Å². The first-order valence-electron chi connectivity index (χ1n) is 8.47. The number of aromatic nitrogens is 2. The topological polar surface area (TPSA) is 59.2 Å². The van der Waals surface area contributed by atoms with Crippen LogP contribution in [0.25, 0.3) is 0 Å². The van der Waals surface area contributed by atoms with Gasteiger partial charge in [0.2, 0.25) is 5.89 Å². The fourth-order valence-corrected chi connectivity index (χ4v) is 3.19. The molecule has 0 unspecified atom stereocenters. The van der Waals surface area contributed by atoms with Crippen LogP contribution in [-0.4, -0.2) is 34.5 Å². The van der Waals surface area contributed by atoms with Gasteiger partial charge in [-0.1, -0.05) is 36.0 Å². The maximum atomic E-state index is 12.3. The Morgan fingerprint density at radius 2 is 1.96 bits per heavy atom. The van der Waals surface area contributed by atoms with E-state index in [9.17, 15) is 4.79 Å². The average Bonchev–Trinajstić information content (AvgIpc) is 3.09. The van der Waals surface area contributed by atoms with Gasteiger partial charge in [0, 0.05) is 36.5 Å². The lowest BCUT2D eigenvalue weighted by Gasteiger charge is -2.17. The standard InChI is InChI=1S/C18H22ClN3O2/c1-22(18(23)14-7-9-15(19)10-8-14)12-11-16-20-17(24-21-16)13-5-3-2-4-6-13/h7-10,13H,2-6,11-12H2,1H3. The van der Waals surface area contributed by atoms with Crippen LogP contribution in [0.4, 0.5) is 0 Å². The molecule has 128 valence electrons. The second-order valence-corrected chi connectivity index (χ2v) is 6.80. The van der Waals surface area contributed by atoms with E-state index in [4.69, 9.17) is 16.1 Å². The fraction of sp³-hybridized carbons (Fsp3) is 0.500. The molecule has 0 N–H and O–H groups in total. The Balaban J connectivity index is 1.54. The summed E-state index contributed by atoms with van der Waals surface area (Å²) in [6, 6.07) is 6.91. The van der Waals surface area contributed by atoms with Gasteiger partial charge in [0.05, 0.1) is 0 Å². The van der Waals surface area contributed by atoms with Gasteiger partial charge in [-0.25, -0.2) is 0 Å². The molecule has 1 aliphatic carbocycles. The van der Waals surface area contributed by atoms with Crippen LogP contribution in [0.1, 0.15) is 60.1 Å². The molecule has 3 rings (SSSR count). The van der Waals surface area contributed by atoms with Crippen molar-refractivity contribution in [3.63, 3.8) is 0 Å². The van der Waals surface area contributed by atoms with Gasteiger partial charge >= 0.3 is 0 Å². The highest BCUT2D eigenvalue weighted by Crippen LogP contribution is 2.31. The molecule has 2 aromatic rings. The molecule has 1 amide bonds. The Hall–Kier alpha value is -1.88. The van der Waals surface area contributed by atoms with Gasteiger partial charge in [-0.05, 0) is 37.1 Å². The number of rotatable bonds is 5. The first kappa shape index (κ1) is 17.0. The predicted octanol–water partition coefficient (Wildman–Crippen LogP) is 4.09. The van der Waals surface area contributed by atoms with Gasteiger partial charge in [-0.15, -0.1) is 0 Å². The van der Waals surface area contributed by atoms with Crippen LogP contribution in [0, 0.1) is 0 Å². The van der Waals surface area contributed by atoms with Crippen molar-refractivity contribution >= 4 is 17.5 Å². The van der Waals surface area contributed by atoms with E-state index in [0.717, 1.165) is 18.7 Å². The summed E-state index contributed by atoms with van der Waals surface area (Å²) in [5.41, 5.74) is 0.623. The molecule has 24 heavy (non-hydrogen) atoms. The van der Waals surface area contributed by atoms with Crippen molar-refractivity contribution in [2.45, 2.75) is 44.4 Å². The van der Waals surface area contributed by atoms with Gasteiger partial charge in [0.25, 0.3) is 5.91 Å². The lowest BCUT2D eigenvalue weighted by molar-refractivity contribution is 0.0796. The van der Waals surface area contributed by atoms with E-state index in [-0.39, 0.29) is 5.91 Å². The maximum absolute atomic E-state index is 12.3. The summed E-state index contributed by atoms with van der Waals surface area (Å²) < 4.78 is 5.42. The molecule has 0 aliphatic heterocycles. The second-order valence-electron chi connectivity index (χ2n) is 6.37. The maximum Gasteiger partial charge on any atom is 0.253 e. The largest absolute Gasteiger partial charge is 0.341 e. The van der Waals surface area contributed by atoms with E-state index >= 15 is 0 Å². The van der Waals surface area contributed by atoms with Crippen LogP contribution in [0.2, 0.25) is 5.02 Å². The van der Waals surface area contributed by atoms with Crippen LogP contribution in [0.3, 0.4) is 0 Å². The Morgan fingerprint density at radius 1 is 1.25 bits per heavy atom. The summed E-state index contributed by atoms with van der Waals surface area (Å²) in [7, 11) is 1.78. The van der Waals surface area contributed by atoms with Crippen molar-refractivity contribution in [3.8, 4) is 0 Å². The minimum Gasteiger partial charge on any atom is -0.341 e. The highest BCUT2D eigenvalue weighted by molar-refractivity contribution is 6.30. The molecule has 0 radical (unpaired) electrons. The fourth-order valence-electron chi connectivity index (χ4n) is 3.07. The van der Waals surface area contributed by atoms with Crippen LogP contribution in [0.15, 0.2) is 28.8 Å². The van der Waals surface area contributed by atoms with Crippen molar-refractivity contribution in [1.82, 2.24) is 15.0 Å². The SMILES string of the molecule is CN(CCc1noc(C2CCCCC2)n1)C(=O)c1ccc(Cl)cc1. The number of likely N-dealkylation sites (N-methyl/N-ethyl adjacent to an activating group) is 1. The molecule has 1 heterocycles. The highest BCUT2D eigenvalue weighted by Gasteiger charge is 2.21. The third-order valence-corrected chi connectivity index (χ3v) is 4.80. The summed E-state index contributed by atoms with van der Waals surface area (Å²) in [5, 5.41) is 4.69. The smallest absolute Gasteiger partial charge is 0.253 e. The summed E-state index contributed by atoms with van der Waals surface area (Å²) in [6.07, 6.45) is 6.63. The summed E-state index contributed by atoms with van der Waals surface area (Å²) in [6.45, 7) is 0.547. The molecule has 5 nitrogen and oxygen atoms in total.